The molecule has 1 atom stereocenters. The predicted molar refractivity (Wildman–Crippen MR) is 69.7 cm³/mol. The molecule has 0 aliphatic rings. The number of hydrogen-bond donors (Lipinski definition) is 1. The zero-order valence-corrected chi connectivity index (χ0v) is 10.5. The molecule has 1 N–H and O–H groups in total. The highest BCUT2D eigenvalue weighted by atomic mass is 16.5. The molecule has 1 unspecified atom stereocenters. The SMILES string of the molecule is COc1cccc(CC(CO)Cc2ccco2)c1. The first kappa shape index (κ1) is 12.7. The largest absolute Gasteiger partial charge is 0.497 e. The fraction of sp³-hybridized carbons (Fsp3) is 0.333. The van der Waals surface area contributed by atoms with Crippen LogP contribution < -0.4 is 4.74 Å². The van der Waals surface area contributed by atoms with Crippen LogP contribution in [0, 0.1) is 5.92 Å². The standard InChI is InChI=1S/C15H18O3/c1-17-14-5-2-4-12(9-14)8-13(11-16)10-15-6-3-7-18-15/h2-7,9,13,16H,8,10-11H2,1H3. The maximum atomic E-state index is 9.44. The van der Waals surface area contributed by atoms with Gasteiger partial charge in [-0.2, -0.15) is 0 Å². The molecule has 0 saturated heterocycles. The highest BCUT2D eigenvalue weighted by Crippen LogP contribution is 2.18. The number of furan rings is 1. The second-order valence-electron chi connectivity index (χ2n) is 4.39. The first-order chi connectivity index (χ1) is 8.81. The summed E-state index contributed by atoms with van der Waals surface area (Å²) in [5.74, 6) is 1.93. The Morgan fingerprint density at radius 1 is 1.22 bits per heavy atom. The van der Waals surface area contributed by atoms with Crippen LogP contribution in [0.2, 0.25) is 0 Å². The lowest BCUT2D eigenvalue weighted by atomic mass is 9.96. The van der Waals surface area contributed by atoms with Crippen LogP contribution in [0.25, 0.3) is 0 Å². The summed E-state index contributed by atoms with van der Waals surface area (Å²) in [5, 5.41) is 9.44. The second-order valence-corrected chi connectivity index (χ2v) is 4.39. The Morgan fingerprint density at radius 2 is 2.11 bits per heavy atom. The molecule has 0 spiro atoms. The maximum Gasteiger partial charge on any atom is 0.119 e. The third-order valence-corrected chi connectivity index (χ3v) is 2.99. The van der Waals surface area contributed by atoms with Gasteiger partial charge in [0.25, 0.3) is 0 Å². The van der Waals surface area contributed by atoms with E-state index >= 15 is 0 Å². The average molecular weight is 246 g/mol. The van der Waals surface area contributed by atoms with Gasteiger partial charge in [-0.1, -0.05) is 12.1 Å². The second kappa shape index (κ2) is 6.26. The number of aliphatic hydroxyl groups excluding tert-OH is 1. The van der Waals surface area contributed by atoms with E-state index in [1.165, 1.54) is 5.56 Å². The summed E-state index contributed by atoms with van der Waals surface area (Å²) in [5.41, 5.74) is 1.17. The first-order valence-corrected chi connectivity index (χ1v) is 6.08. The van der Waals surface area contributed by atoms with Crippen molar-refractivity contribution in [2.24, 2.45) is 5.92 Å². The highest BCUT2D eigenvalue weighted by molar-refractivity contribution is 5.28. The molecule has 3 nitrogen and oxygen atoms in total. The van der Waals surface area contributed by atoms with E-state index in [2.05, 4.69) is 0 Å². The lowest BCUT2D eigenvalue weighted by molar-refractivity contribution is 0.219. The Balaban J connectivity index is 2.00. The van der Waals surface area contributed by atoms with Gasteiger partial charge < -0.3 is 14.3 Å². The Morgan fingerprint density at radius 3 is 2.78 bits per heavy atom. The molecule has 18 heavy (non-hydrogen) atoms. The maximum absolute atomic E-state index is 9.44. The molecule has 3 heteroatoms. The van der Waals surface area contributed by atoms with Crippen LogP contribution in [-0.4, -0.2) is 18.8 Å². The van der Waals surface area contributed by atoms with Crippen LogP contribution in [0.15, 0.2) is 47.1 Å². The number of ether oxygens (including phenoxy) is 1. The molecular weight excluding hydrogens is 228 g/mol. The summed E-state index contributed by atoms with van der Waals surface area (Å²) in [6, 6.07) is 11.8. The number of methoxy groups -OCH3 is 1. The lowest BCUT2D eigenvalue weighted by Gasteiger charge is -2.13. The number of hydrogen-bond acceptors (Lipinski definition) is 3. The van der Waals surface area contributed by atoms with Crippen LogP contribution in [0.3, 0.4) is 0 Å². The third-order valence-electron chi connectivity index (χ3n) is 2.99. The number of benzene rings is 1. The average Bonchev–Trinajstić information content (AvgIpc) is 2.91. The molecule has 1 aromatic carbocycles. The van der Waals surface area contributed by atoms with Crippen LogP contribution in [0.4, 0.5) is 0 Å². The van der Waals surface area contributed by atoms with Crippen molar-refractivity contribution in [1.82, 2.24) is 0 Å². The van der Waals surface area contributed by atoms with Gasteiger partial charge in [0.2, 0.25) is 0 Å². The lowest BCUT2D eigenvalue weighted by Crippen LogP contribution is -2.12. The molecule has 0 fully saturated rings. The van der Waals surface area contributed by atoms with E-state index in [1.54, 1.807) is 13.4 Å². The quantitative estimate of drug-likeness (QED) is 0.852. The van der Waals surface area contributed by atoms with Crippen molar-refractivity contribution >= 4 is 0 Å². The molecule has 1 heterocycles. The van der Waals surface area contributed by atoms with Crippen LogP contribution in [-0.2, 0) is 12.8 Å². The molecule has 0 aliphatic carbocycles. The predicted octanol–water partition coefficient (Wildman–Crippen LogP) is 2.68. The molecule has 1 aromatic heterocycles. The van der Waals surface area contributed by atoms with E-state index < -0.39 is 0 Å². The van der Waals surface area contributed by atoms with E-state index in [9.17, 15) is 5.11 Å². The van der Waals surface area contributed by atoms with Gasteiger partial charge >= 0.3 is 0 Å². The zero-order valence-electron chi connectivity index (χ0n) is 10.5. The van der Waals surface area contributed by atoms with E-state index in [4.69, 9.17) is 9.15 Å². The Hall–Kier alpha value is -1.74. The van der Waals surface area contributed by atoms with Crippen molar-refractivity contribution in [2.45, 2.75) is 12.8 Å². The minimum Gasteiger partial charge on any atom is -0.497 e. The van der Waals surface area contributed by atoms with E-state index in [1.807, 2.05) is 36.4 Å². The van der Waals surface area contributed by atoms with Crippen molar-refractivity contribution in [3.05, 3.63) is 54.0 Å². The van der Waals surface area contributed by atoms with E-state index in [0.717, 1.165) is 24.4 Å². The van der Waals surface area contributed by atoms with Gasteiger partial charge in [-0.3, -0.25) is 0 Å². The minimum atomic E-state index is 0.151. The van der Waals surface area contributed by atoms with Crippen molar-refractivity contribution in [2.75, 3.05) is 13.7 Å². The van der Waals surface area contributed by atoms with Gasteiger partial charge in [0.15, 0.2) is 0 Å². The van der Waals surface area contributed by atoms with Gasteiger partial charge in [-0.25, -0.2) is 0 Å². The fourth-order valence-electron chi connectivity index (χ4n) is 2.05. The normalized spacial score (nSPS) is 12.3. The van der Waals surface area contributed by atoms with Gasteiger partial charge in [0.05, 0.1) is 13.4 Å². The topological polar surface area (TPSA) is 42.6 Å². The van der Waals surface area contributed by atoms with E-state index in [-0.39, 0.29) is 12.5 Å². The van der Waals surface area contributed by atoms with Gasteiger partial charge in [-0.05, 0) is 42.2 Å². The molecule has 2 aromatic rings. The first-order valence-electron chi connectivity index (χ1n) is 6.08. The molecule has 96 valence electrons. The summed E-state index contributed by atoms with van der Waals surface area (Å²) in [6.45, 7) is 0.151. The van der Waals surface area contributed by atoms with Crippen molar-refractivity contribution in [3.63, 3.8) is 0 Å². The van der Waals surface area contributed by atoms with Crippen molar-refractivity contribution in [1.29, 1.82) is 0 Å². The molecule has 0 saturated carbocycles. The molecule has 0 radical (unpaired) electrons. The molecule has 0 amide bonds. The summed E-state index contributed by atoms with van der Waals surface area (Å²) < 4.78 is 10.5. The smallest absolute Gasteiger partial charge is 0.119 e. The summed E-state index contributed by atoms with van der Waals surface area (Å²) in [4.78, 5) is 0. The van der Waals surface area contributed by atoms with Crippen LogP contribution >= 0.6 is 0 Å². The number of rotatable bonds is 6. The van der Waals surface area contributed by atoms with E-state index in [0.29, 0.717) is 0 Å². The molecule has 2 rings (SSSR count). The molecule has 0 aliphatic heterocycles. The molecule has 0 bridgehead atoms. The number of aliphatic hydroxyl groups is 1. The van der Waals surface area contributed by atoms with Crippen LogP contribution in [0.1, 0.15) is 11.3 Å². The van der Waals surface area contributed by atoms with Crippen molar-refractivity contribution < 1.29 is 14.3 Å². The fourth-order valence-corrected chi connectivity index (χ4v) is 2.05. The molecular formula is C15H18O3. The van der Waals surface area contributed by atoms with Gasteiger partial charge in [0, 0.05) is 13.0 Å². The monoisotopic (exact) mass is 246 g/mol. The summed E-state index contributed by atoms with van der Waals surface area (Å²) in [6.07, 6.45) is 3.23. The van der Waals surface area contributed by atoms with Gasteiger partial charge in [-0.15, -0.1) is 0 Å². The van der Waals surface area contributed by atoms with Gasteiger partial charge in [0.1, 0.15) is 11.5 Å². The zero-order chi connectivity index (χ0) is 12.8. The van der Waals surface area contributed by atoms with Crippen molar-refractivity contribution in [3.8, 4) is 5.75 Å². The summed E-state index contributed by atoms with van der Waals surface area (Å²) in [7, 11) is 1.66. The Kier molecular flexibility index (Phi) is 4.42. The Bertz CT molecular complexity index is 462. The third kappa shape index (κ3) is 3.37. The van der Waals surface area contributed by atoms with Crippen LogP contribution in [0.5, 0.6) is 5.75 Å². The highest BCUT2D eigenvalue weighted by Gasteiger charge is 2.11. The minimum absolute atomic E-state index is 0.151. The summed E-state index contributed by atoms with van der Waals surface area (Å²) >= 11 is 0. The Labute approximate surface area is 107 Å².